The number of pyridine rings is 1. The van der Waals surface area contributed by atoms with Crippen LogP contribution in [0.4, 0.5) is 39.5 Å². The van der Waals surface area contributed by atoms with Crippen LogP contribution < -0.4 is 4.74 Å². The molecule has 0 radical (unpaired) electrons. The third-order valence-electron chi connectivity index (χ3n) is 7.21. The monoisotopic (exact) mass is 671 g/mol. The summed E-state index contributed by atoms with van der Waals surface area (Å²) in [5.41, 5.74) is 0.412. The number of alkyl halides is 9. The number of ether oxygens (including phenoxy) is 1. The van der Waals surface area contributed by atoms with E-state index in [4.69, 9.17) is 34.4 Å². The molecule has 1 aromatic heterocycles. The molecule has 45 heavy (non-hydrogen) atoms. The molecule has 0 bridgehead atoms. The van der Waals surface area contributed by atoms with Gasteiger partial charge in [-0.3, -0.25) is 9.80 Å². The fourth-order valence-corrected chi connectivity index (χ4v) is 5.03. The van der Waals surface area contributed by atoms with Crippen LogP contribution in [0.3, 0.4) is 0 Å². The number of carboxylic acids is 3. The lowest BCUT2D eigenvalue weighted by molar-refractivity contribution is -0.193. The van der Waals surface area contributed by atoms with Crippen molar-refractivity contribution >= 4 is 17.9 Å². The summed E-state index contributed by atoms with van der Waals surface area (Å²) >= 11 is 0. The number of nitrogens with zero attached hydrogens (tertiary/aromatic N) is 3. The number of hydrogen-bond acceptors (Lipinski definition) is 7. The molecule has 1 unspecified atom stereocenters. The normalized spacial score (nSPS) is 20.3. The standard InChI is InChI=1S/C20H31N3O.3C2HF3O2/c1-22-11-9-18(14-24-19-8-4-5-10-21-19)12-20(22)15-23(16-20)13-17-6-2-3-7-17;3*3-2(4,5)1(6)7/h4-5,8,10,17-18H,2-3,6-7,9,11-16H2,1H3;3*(H,6,7). The van der Waals surface area contributed by atoms with Crippen molar-refractivity contribution in [2.24, 2.45) is 11.8 Å². The van der Waals surface area contributed by atoms with E-state index in [0.29, 0.717) is 11.5 Å². The van der Waals surface area contributed by atoms with Gasteiger partial charge >= 0.3 is 36.4 Å². The molecule has 0 amide bonds. The Morgan fingerprint density at radius 1 is 0.844 bits per heavy atom. The van der Waals surface area contributed by atoms with Crippen molar-refractivity contribution in [2.75, 3.05) is 39.8 Å². The average molecular weight is 672 g/mol. The second-order valence-electron chi connectivity index (χ2n) is 10.7. The summed E-state index contributed by atoms with van der Waals surface area (Å²) in [6.07, 6.45) is -5.10. The summed E-state index contributed by atoms with van der Waals surface area (Å²) < 4.78 is 101. The summed E-state index contributed by atoms with van der Waals surface area (Å²) in [6.45, 7) is 5.88. The van der Waals surface area contributed by atoms with Gasteiger partial charge in [0.1, 0.15) is 0 Å². The molecule has 3 heterocycles. The maximum absolute atomic E-state index is 10.6. The van der Waals surface area contributed by atoms with Gasteiger partial charge in [0.2, 0.25) is 5.88 Å². The van der Waals surface area contributed by atoms with Crippen LogP contribution in [0.5, 0.6) is 5.88 Å². The van der Waals surface area contributed by atoms with Crippen LogP contribution in [-0.2, 0) is 14.4 Å². The molecule has 3 aliphatic rings. The number of halogens is 9. The van der Waals surface area contributed by atoms with E-state index in [2.05, 4.69) is 21.8 Å². The number of piperidine rings is 1. The molecule has 258 valence electrons. The van der Waals surface area contributed by atoms with Crippen molar-refractivity contribution < 1.29 is 74.0 Å². The Labute approximate surface area is 251 Å². The highest BCUT2D eigenvalue weighted by molar-refractivity contribution is 5.73. The van der Waals surface area contributed by atoms with Gasteiger partial charge in [-0.2, -0.15) is 39.5 Å². The van der Waals surface area contributed by atoms with Gasteiger partial charge in [-0.25, -0.2) is 19.4 Å². The summed E-state index contributed by atoms with van der Waals surface area (Å²) in [5.74, 6) is -5.87. The second kappa shape index (κ2) is 16.8. The molecular weight excluding hydrogens is 637 g/mol. The Hall–Kier alpha value is -3.35. The number of carbonyl (C=O) groups is 3. The SMILES string of the molecule is CN1CCC(COc2ccccn2)CC12CN(CC1CCCC1)C2.O=C(O)C(F)(F)F.O=C(O)C(F)(F)F.O=C(O)C(F)(F)F. The van der Waals surface area contributed by atoms with Crippen molar-refractivity contribution in [3.63, 3.8) is 0 Å². The van der Waals surface area contributed by atoms with Gasteiger partial charge < -0.3 is 20.1 Å². The van der Waals surface area contributed by atoms with Crippen molar-refractivity contribution in [1.82, 2.24) is 14.8 Å². The summed E-state index contributed by atoms with van der Waals surface area (Å²) in [7, 11) is 2.32. The van der Waals surface area contributed by atoms with Crippen molar-refractivity contribution in [2.45, 2.75) is 62.6 Å². The first-order chi connectivity index (χ1) is 20.6. The molecule has 10 nitrogen and oxygen atoms in total. The minimum absolute atomic E-state index is 0.412. The first-order valence-electron chi connectivity index (χ1n) is 13.4. The molecular formula is C26H34F9N3O7. The van der Waals surface area contributed by atoms with Crippen LogP contribution in [0.2, 0.25) is 0 Å². The van der Waals surface area contributed by atoms with Gasteiger partial charge in [0.15, 0.2) is 0 Å². The Morgan fingerprint density at radius 2 is 1.31 bits per heavy atom. The molecule has 1 saturated carbocycles. The first-order valence-corrected chi connectivity index (χ1v) is 13.4. The number of rotatable bonds is 5. The van der Waals surface area contributed by atoms with E-state index in [1.807, 2.05) is 18.2 Å². The lowest BCUT2D eigenvalue weighted by Gasteiger charge is -2.59. The zero-order chi connectivity index (χ0) is 34.6. The van der Waals surface area contributed by atoms with E-state index < -0.39 is 36.4 Å². The van der Waals surface area contributed by atoms with Gasteiger partial charge in [-0.05, 0) is 57.2 Å². The van der Waals surface area contributed by atoms with Gasteiger partial charge in [-0.15, -0.1) is 0 Å². The Kier molecular flexibility index (Phi) is 14.8. The average Bonchev–Trinajstić information content (AvgIpc) is 3.41. The van der Waals surface area contributed by atoms with Crippen LogP contribution in [-0.4, -0.2) is 112 Å². The van der Waals surface area contributed by atoms with Crippen LogP contribution in [0.15, 0.2) is 24.4 Å². The van der Waals surface area contributed by atoms with Gasteiger partial charge in [0.05, 0.1) is 6.61 Å². The predicted octanol–water partition coefficient (Wildman–Crippen LogP) is 4.95. The van der Waals surface area contributed by atoms with Crippen LogP contribution in [0.25, 0.3) is 0 Å². The Balaban J connectivity index is 0.000000396. The molecule has 3 N–H and O–H groups in total. The zero-order valence-electron chi connectivity index (χ0n) is 24.0. The van der Waals surface area contributed by atoms with Gasteiger partial charge in [0.25, 0.3) is 0 Å². The molecule has 1 atom stereocenters. The van der Waals surface area contributed by atoms with Gasteiger partial charge in [0, 0.05) is 37.4 Å². The number of carboxylic acid groups (broad SMARTS) is 3. The topological polar surface area (TPSA) is 140 Å². The number of aliphatic carboxylic acids is 3. The highest BCUT2D eigenvalue weighted by Gasteiger charge is 2.49. The van der Waals surface area contributed by atoms with Crippen molar-refractivity contribution in [1.29, 1.82) is 0 Å². The fraction of sp³-hybridized carbons (Fsp3) is 0.692. The third kappa shape index (κ3) is 14.5. The molecule has 1 aromatic rings. The molecule has 19 heteroatoms. The largest absolute Gasteiger partial charge is 0.490 e. The second-order valence-corrected chi connectivity index (χ2v) is 10.7. The van der Waals surface area contributed by atoms with Crippen LogP contribution >= 0.6 is 0 Å². The summed E-state index contributed by atoms with van der Waals surface area (Å²) in [4.78, 5) is 36.3. The number of hydrogen-bond donors (Lipinski definition) is 3. The highest BCUT2D eigenvalue weighted by Crippen LogP contribution is 2.39. The lowest BCUT2D eigenvalue weighted by Crippen LogP contribution is -2.72. The fourth-order valence-electron chi connectivity index (χ4n) is 5.03. The quantitative estimate of drug-likeness (QED) is 0.369. The van der Waals surface area contributed by atoms with E-state index in [9.17, 15) is 39.5 Å². The Bertz CT molecular complexity index is 1020. The van der Waals surface area contributed by atoms with E-state index in [-0.39, 0.29) is 0 Å². The first kappa shape index (κ1) is 39.7. The van der Waals surface area contributed by atoms with E-state index in [0.717, 1.165) is 18.4 Å². The van der Waals surface area contributed by atoms with E-state index >= 15 is 0 Å². The molecule has 1 spiro atoms. The molecule has 2 aliphatic heterocycles. The predicted molar refractivity (Wildman–Crippen MR) is 137 cm³/mol. The maximum atomic E-state index is 10.6. The highest BCUT2D eigenvalue weighted by atomic mass is 19.4. The molecule has 2 saturated heterocycles. The van der Waals surface area contributed by atoms with E-state index in [1.54, 1.807) is 6.20 Å². The summed E-state index contributed by atoms with van der Waals surface area (Å²) in [5, 5.41) is 21.4. The zero-order valence-corrected chi connectivity index (χ0v) is 24.0. The maximum Gasteiger partial charge on any atom is 0.490 e. The van der Waals surface area contributed by atoms with E-state index in [1.165, 1.54) is 64.7 Å². The number of aromatic nitrogens is 1. The molecule has 0 aromatic carbocycles. The van der Waals surface area contributed by atoms with Crippen LogP contribution in [0, 0.1) is 11.8 Å². The summed E-state index contributed by atoms with van der Waals surface area (Å²) in [6, 6.07) is 5.88. The smallest absolute Gasteiger partial charge is 0.477 e. The minimum atomic E-state index is -5.08. The van der Waals surface area contributed by atoms with Crippen molar-refractivity contribution in [3.8, 4) is 5.88 Å². The third-order valence-corrected chi connectivity index (χ3v) is 7.21. The molecule has 4 rings (SSSR count). The lowest BCUT2D eigenvalue weighted by atomic mass is 9.75. The minimum Gasteiger partial charge on any atom is -0.477 e. The number of likely N-dealkylation sites (tertiary alicyclic amines) is 2. The number of likely N-dealkylation sites (N-methyl/N-ethyl adjacent to an activating group) is 1. The van der Waals surface area contributed by atoms with Crippen molar-refractivity contribution in [3.05, 3.63) is 24.4 Å². The Morgan fingerprint density at radius 3 is 1.71 bits per heavy atom. The molecule has 3 fully saturated rings. The van der Waals surface area contributed by atoms with Gasteiger partial charge in [-0.1, -0.05) is 18.9 Å². The van der Waals surface area contributed by atoms with Crippen LogP contribution in [0.1, 0.15) is 38.5 Å². The molecule has 1 aliphatic carbocycles.